The van der Waals surface area contributed by atoms with Gasteiger partial charge in [-0.15, -0.1) is 0 Å². The highest BCUT2D eigenvalue weighted by molar-refractivity contribution is 6.31. The van der Waals surface area contributed by atoms with Gasteiger partial charge in [0.25, 0.3) is 5.91 Å². The molecule has 0 radical (unpaired) electrons. The average Bonchev–Trinajstić information content (AvgIpc) is 3.30. The molecule has 2 aromatic carbocycles. The van der Waals surface area contributed by atoms with Crippen molar-refractivity contribution in [2.24, 2.45) is 13.0 Å². The Kier molecular flexibility index (Phi) is 7.43. The van der Waals surface area contributed by atoms with Crippen molar-refractivity contribution < 1.29 is 9.59 Å². The highest BCUT2D eigenvalue weighted by Crippen LogP contribution is 2.31. The zero-order valence-corrected chi connectivity index (χ0v) is 22.7. The van der Waals surface area contributed by atoms with Gasteiger partial charge in [-0.2, -0.15) is 5.10 Å². The molecule has 1 aliphatic heterocycles. The van der Waals surface area contributed by atoms with E-state index in [-0.39, 0.29) is 18.1 Å². The van der Waals surface area contributed by atoms with Crippen LogP contribution in [0.5, 0.6) is 0 Å². The number of hydrogen-bond acceptors (Lipinski definition) is 4. The van der Waals surface area contributed by atoms with Gasteiger partial charge in [0.2, 0.25) is 0 Å². The quantitative estimate of drug-likeness (QED) is 0.264. The molecule has 0 unspecified atom stereocenters. The first kappa shape index (κ1) is 25.9. The smallest absolute Gasteiger partial charge is 0.253 e. The molecular formula is C31H31ClN4O2. The molecule has 1 aliphatic rings. The Morgan fingerprint density at radius 3 is 2.37 bits per heavy atom. The van der Waals surface area contributed by atoms with Crippen LogP contribution in [0.25, 0.3) is 11.3 Å². The van der Waals surface area contributed by atoms with Gasteiger partial charge in [0.15, 0.2) is 5.78 Å². The van der Waals surface area contributed by atoms with Crippen molar-refractivity contribution in [2.75, 3.05) is 13.1 Å². The Bertz CT molecular complexity index is 1450. The molecule has 1 saturated heterocycles. The van der Waals surface area contributed by atoms with Gasteiger partial charge >= 0.3 is 0 Å². The lowest BCUT2D eigenvalue weighted by Crippen LogP contribution is -2.48. The minimum Gasteiger partial charge on any atom is -0.337 e. The van der Waals surface area contributed by atoms with Gasteiger partial charge in [0.1, 0.15) is 0 Å². The molecule has 5 rings (SSSR count). The first-order valence-electron chi connectivity index (χ1n) is 12.9. The van der Waals surface area contributed by atoms with Crippen LogP contribution in [0.3, 0.4) is 0 Å². The van der Waals surface area contributed by atoms with Gasteiger partial charge in [0, 0.05) is 66.7 Å². The van der Waals surface area contributed by atoms with Crippen molar-refractivity contribution in [1.82, 2.24) is 19.7 Å². The summed E-state index contributed by atoms with van der Waals surface area (Å²) >= 11 is 6.41. The fourth-order valence-corrected chi connectivity index (χ4v) is 5.05. The summed E-state index contributed by atoms with van der Waals surface area (Å²) < 4.78 is 1.85. The van der Waals surface area contributed by atoms with Crippen molar-refractivity contribution in [3.05, 3.63) is 106 Å². The third kappa shape index (κ3) is 5.55. The number of hydrogen-bond donors (Lipinski definition) is 0. The van der Waals surface area contributed by atoms with Crippen molar-refractivity contribution >= 4 is 23.3 Å². The van der Waals surface area contributed by atoms with Crippen molar-refractivity contribution in [1.29, 1.82) is 0 Å². The summed E-state index contributed by atoms with van der Waals surface area (Å²) in [5.74, 6) is 0.693. The normalized spacial score (nSPS) is 13.6. The van der Waals surface area contributed by atoms with E-state index in [1.54, 1.807) is 30.6 Å². The number of halogens is 1. The molecule has 1 fully saturated rings. The van der Waals surface area contributed by atoms with Crippen LogP contribution < -0.4 is 0 Å². The van der Waals surface area contributed by atoms with Gasteiger partial charge in [-0.25, -0.2) is 0 Å². The molecule has 2 aromatic heterocycles. The third-order valence-electron chi connectivity index (χ3n) is 7.08. The number of rotatable bonds is 8. The van der Waals surface area contributed by atoms with Gasteiger partial charge in [-0.3, -0.25) is 19.3 Å². The molecular weight excluding hydrogens is 496 g/mol. The van der Waals surface area contributed by atoms with Crippen LogP contribution in [0, 0.1) is 5.92 Å². The summed E-state index contributed by atoms with van der Waals surface area (Å²) in [4.78, 5) is 32.3. The second kappa shape index (κ2) is 10.9. The van der Waals surface area contributed by atoms with Crippen molar-refractivity contribution in [2.45, 2.75) is 32.6 Å². The summed E-state index contributed by atoms with van der Waals surface area (Å²) in [6.45, 7) is 5.60. The average molecular weight is 527 g/mol. The number of aryl methyl sites for hydroxylation is 1. The number of Topliss-reactive ketones (excluding diaryl/α,β-unsaturated/α-hetero) is 1. The highest BCUT2D eigenvalue weighted by Gasteiger charge is 2.32. The topological polar surface area (TPSA) is 68.1 Å². The largest absolute Gasteiger partial charge is 0.337 e. The van der Waals surface area contributed by atoms with E-state index >= 15 is 0 Å². The van der Waals surface area contributed by atoms with Crippen molar-refractivity contribution in [3.63, 3.8) is 0 Å². The van der Waals surface area contributed by atoms with E-state index in [0.29, 0.717) is 46.6 Å². The maximum absolute atomic E-state index is 13.2. The van der Waals surface area contributed by atoms with Crippen LogP contribution in [-0.2, 0) is 19.9 Å². The van der Waals surface area contributed by atoms with Crippen LogP contribution in [0.15, 0.2) is 73.1 Å². The molecule has 0 saturated carbocycles. The molecule has 0 N–H and O–H groups in total. The maximum atomic E-state index is 13.2. The second-order valence-electron chi connectivity index (χ2n) is 10.4. The standard InChI is InChI=1S/C31H31ClN4O2/c1-20(2)14-27-10-8-24(17-33-27)30(37)16-25-15-23(9-11-28(25)32)31(38)36-18-26(19-36)21-4-6-22(7-5-21)29-12-13-34-35(29)3/h4-13,15,17,20,26H,14,16,18-19H2,1-3H3. The van der Waals surface area contributed by atoms with E-state index in [1.807, 2.05) is 34.8 Å². The lowest BCUT2D eigenvalue weighted by Gasteiger charge is -2.39. The van der Waals surface area contributed by atoms with Crippen LogP contribution in [-0.4, -0.2) is 44.4 Å². The van der Waals surface area contributed by atoms with E-state index < -0.39 is 0 Å². The molecule has 1 amide bonds. The monoisotopic (exact) mass is 526 g/mol. The number of amides is 1. The summed E-state index contributed by atoms with van der Waals surface area (Å²) in [5.41, 5.74) is 6.12. The molecule has 0 bridgehead atoms. The Balaban J connectivity index is 1.21. The Hall–Kier alpha value is -3.77. The number of likely N-dealkylation sites (tertiary alicyclic amines) is 1. The van der Waals surface area contributed by atoms with Crippen LogP contribution >= 0.6 is 11.6 Å². The van der Waals surface area contributed by atoms with E-state index in [4.69, 9.17) is 11.6 Å². The maximum Gasteiger partial charge on any atom is 0.253 e. The van der Waals surface area contributed by atoms with Gasteiger partial charge in [-0.05, 0) is 65.4 Å². The minimum absolute atomic E-state index is 0.0437. The molecule has 0 aliphatic carbocycles. The van der Waals surface area contributed by atoms with E-state index in [2.05, 4.69) is 48.2 Å². The molecule has 38 heavy (non-hydrogen) atoms. The van der Waals surface area contributed by atoms with Gasteiger partial charge in [0.05, 0.1) is 5.69 Å². The molecule has 7 heteroatoms. The second-order valence-corrected chi connectivity index (χ2v) is 10.8. The number of aromatic nitrogens is 3. The zero-order chi connectivity index (χ0) is 26.8. The van der Waals surface area contributed by atoms with Gasteiger partial charge in [-0.1, -0.05) is 49.7 Å². The Morgan fingerprint density at radius 1 is 1.00 bits per heavy atom. The summed E-state index contributed by atoms with van der Waals surface area (Å²) in [7, 11) is 1.93. The Morgan fingerprint density at radius 2 is 1.74 bits per heavy atom. The summed E-state index contributed by atoms with van der Waals surface area (Å²) in [6.07, 6.45) is 4.42. The number of ketones is 1. The van der Waals surface area contributed by atoms with E-state index in [0.717, 1.165) is 23.4 Å². The first-order chi connectivity index (χ1) is 18.3. The zero-order valence-electron chi connectivity index (χ0n) is 21.9. The molecule has 0 atom stereocenters. The van der Waals surface area contributed by atoms with E-state index in [9.17, 15) is 9.59 Å². The lowest BCUT2D eigenvalue weighted by atomic mass is 9.90. The number of nitrogens with zero attached hydrogens (tertiary/aromatic N) is 4. The number of pyridine rings is 1. The predicted molar refractivity (Wildman–Crippen MR) is 150 cm³/mol. The highest BCUT2D eigenvalue weighted by atomic mass is 35.5. The van der Waals surface area contributed by atoms with Crippen LogP contribution in [0.4, 0.5) is 0 Å². The summed E-state index contributed by atoms with van der Waals surface area (Å²) in [5, 5.41) is 4.71. The van der Waals surface area contributed by atoms with Crippen molar-refractivity contribution in [3.8, 4) is 11.3 Å². The fourth-order valence-electron chi connectivity index (χ4n) is 4.87. The lowest BCUT2D eigenvalue weighted by molar-refractivity contribution is 0.0602. The van der Waals surface area contributed by atoms with E-state index in [1.165, 1.54) is 5.56 Å². The molecule has 4 aromatic rings. The molecule has 194 valence electrons. The predicted octanol–water partition coefficient (Wildman–Crippen LogP) is 6.00. The number of carbonyl (C=O) groups is 2. The first-order valence-corrected chi connectivity index (χ1v) is 13.3. The molecule has 6 nitrogen and oxygen atoms in total. The molecule has 3 heterocycles. The Labute approximate surface area is 228 Å². The SMILES string of the molecule is CC(C)Cc1ccc(C(=O)Cc2cc(C(=O)N3CC(c4ccc(-c5ccnn5C)cc4)C3)ccc2Cl)cn1. The number of carbonyl (C=O) groups excluding carboxylic acids is 2. The summed E-state index contributed by atoms with van der Waals surface area (Å²) in [6, 6.07) is 19.4. The van der Waals surface area contributed by atoms with Gasteiger partial charge < -0.3 is 4.90 Å². The van der Waals surface area contributed by atoms with Crippen LogP contribution in [0.2, 0.25) is 5.02 Å². The fraction of sp³-hybridized carbons (Fsp3) is 0.290. The van der Waals surface area contributed by atoms with Crippen LogP contribution in [0.1, 0.15) is 57.3 Å². The third-order valence-corrected chi connectivity index (χ3v) is 7.44. The minimum atomic E-state index is -0.0707. The molecule has 0 spiro atoms. The number of benzene rings is 2.